The van der Waals surface area contributed by atoms with Crippen molar-refractivity contribution in [2.75, 3.05) is 39.3 Å². The molecule has 2 aromatic rings. The van der Waals surface area contributed by atoms with Gasteiger partial charge in [-0.3, -0.25) is 14.6 Å². The highest BCUT2D eigenvalue weighted by Gasteiger charge is 2.24. The van der Waals surface area contributed by atoms with Gasteiger partial charge in [-0.2, -0.15) is 0 Å². The van der Waals surface area contributed by atoms with E-state index in [0.717, 1.165) is 58.7 Å². The first-order valence-electron chi connectivity index (χ1n) is 9.50. The lowest BCUT2D eigenvalue weighted by Crippen LogP contribution is -2.45. The molecule has 6 heteroatoms. The quantitative estimate of drug-likeness (QED) is 0.824. The van der Waals surface area contributed by atoms with Crippen molar-refractivity contribution in [3.8, 4) is 0 Å². The highest BCUT2D eigenvalue weighted by atomic mass is 16.3. The number of nitrogens with zero attached hydrogens (tertiary/aromatic N) is 4. The summed E-state index contributed by atoms with van der Waals surface area (Å²) in [5.41, 5.74) is 1.81. The van der Waals surface area contributed by atoms with Crippen molar-refractivity contribution in [1.29, 1.82) is 0 Å². The van der Waals surface area contributed by atoms with Gasteiger partial charge in [0.15, 0.2) is 5.69 Å². The zero-order valence-corrected chi connectivity index (χ0v) is 15.1. The summed E-state index contributed by atoms with van der Waals surface area (Å²) in [5, 5.41) is 0. The van der Waals surface area contributed by atoms with Gasteiger partial charge in [0.1, 0.15) is 6.26 Å². The Kier molecular flexibility index (Phi) is 5.32. The molecule has 0 radical (unpaired) electrons. The normalized spacial score (nSPS) is 19.2. The molecular formula is C20H26N4O2. The molecule has 2 aliphatic heterocycles. The van der Waals surface area contributed by atoms with E-state index in [-0.39, 0.29) is 5.91 Å². The fourth-order valence-electron chi connectivity index (χ4n) is 3.70. The number of rotatable bonds is 5. The minimum atomic E-state index is 0.00480. The number of likely N-dealkylation sites (tertiary alicyclic amines) is 1. The van der Waals surface area contributed by atoms with E-state index in [9.17, 15) is 4.79 Å². The first kappa shape index (κ1) is 17.2. The van der Waals surface area contributed by atoms with E-state index in [1.807, 2.05) is 4.90 Å². The maximum absolute atomic E-state index is 12.4. The Bertz CT molecular complexity index is 716. The summed E-state index contributed by atoms with van der Waals surface area (Å²) in [7, 11) is 0. The minimum absolute atomic E-state index is 0.00480. The summed E-state index contributed by atoms with van der Waals surface area (Å²) in [6.07, 6.45) is 3.69. The number of carbonyl (C=O) groups excluding carboxylic acids is 1. The number of benzene rings is 1. The average Bonchev–Trinajstić information content (AvgIpc) is 3.36. The molecule has 26 heavy (non-hydrogen) atoms. The molecule has 0 unspecified atom stereocenters. The topological polar surface area (TPSA) is 52.8 Å². The van der Waals surface area contributed by atoms with Crippen LogP contribution in [0.3, 0.4) is 0 Å². The van der Waals surface area contributed by atoms with E-state index >= 15 is 0 Å². The predicted molar refractivity (Wildman–Crippen MR) is 98.6 cm³/mol. The van der Waals surface area contributed by atoms with Crippen molar-refractivity contribution < 1.29 is 9.21 Å². The molecule has 1 amide bonds. The van der Waals surface area contributed by atoms with Crippen LogP contribution in [0, 0.1) is 0 Å². The molecule has 0 saturated carbocycles. The van der Waals surface area contributed by atoms with Crippen molar-refractivity contribution in [2.24, 2.45) is 0 Å². The van der Waals surface area contributed by atoms with Gasteiger partial charge in [-0.05, 0) is 18.4 Å². The summed E-state index contributed by atoms with van der Waals surface area (Å²) in [6, 6.07) is 10.6. The second-order valence-electron chi connectivity index (χ2n) is 7.16. The van der Waals surface area contributed by atoms with Crippen LogP contribution in [0.25, 0.3) is 0 Å². The van der Waals surface area contributed by atoms with Gasteiger partial charge in [-0.15, -0.1) is 0 Å². The van der Waals surface area contributed by atoms with Gasteiger partial charge in [0.05, 0.1) is 6.54 Å². The highest BCUT2D eigenvalue weighted by molar-refractivity contribution is 5.92. The van der Waals surface area contributed by atoms with Gasteiger partial charge in [0.25, 0.3) is 5.91 Å². The maximum atomic E-state index is 12.4. The molecule has 2 fully saturated rings. The number of hydrogen-bond acceptors (Lipinski definition) is 5. The monoisotopic (exact) mass is 354 g/mol. The van der Waals surface area contributed by atoms with Crippen LogP contribution in [0.2, 0.25) is 0 Å². The van der Waals surface area contributed by atoms with Crippen LogP contribution in [-0.2, 0) is 13.1 Å². The molecule has 1 aromatic carbocycles. The molecule has 0 spiro atoms. The van der Waals surface area contributed by atoms with Gasteiger partial charge in [0.2, 0.25) is 5.89 Å². The first-order valence-corrected chi connectivity index (χ1v) is 9.50. The Morgan fingerprint density at radius 3 is 2.27 bits per heavy atom. The molecule has 4 rings (SSSR count). The van der Waals surface area contributed by atoms with Crippen LogP contribution >= 0.6 is 0 Å². The Morgan fingerprint density at radius 1 is 0.923 bits per heavy atom. The van der Waals surface area contributed by atoms with Crippen LogP contribution in [0.4, 0.5) is 0 Å². The third-order valence-corrected chi connectivity index (χ3v) is 5.24. The number of amides is 1. The van der Waals surface area contributed by atoms with E-state index < -0.39 is 0 Å². The van der Waals surface area contributed by atoms with E-state index in [2.05, 4.69) is 45.1 Å². The second kappa shape index (κ2) is 8.01. The van der Waals surface area contributed by atoms with Gasteiger partial charge in [0, 0.05) is 45.8 Å². The number of hydrogen-bond donors (Lipinski definition) is 0. The van der Waals surface area contributed by atoms with Crippen molar-refractivity contribution in [1.82, 2.24) is 19.7 Å². The van der Waals surface area contributed by atoms with E-state index in [0.29, 0.717) is 18.1 Å². The van der Waals surface area contributed by atoms with Crippen LogP contribution < -0.4 is 0 Å². The lowest BCUT2D eigenvalue weighted by molar-refractivity contribution is 0.0786. The average molecular weight is 354 g/mol. The van der Waals surface area contributed by atoms with Crippen molar-refractivity contribution in [2.45, 2.75) is 25.9 Å². The minimum Gasteiger partial charge on any atom is -0.447 e. The molecule has 0 N–H and O–H groups in total. The zero-order chi connectivity index (χ0) is 17.8. The number of aromatic nitrogens is 1. The highest BCUT2D eigenvalue weighted by Crippen LogP contribution is 2.15. The van der Waals surface area contributed by atoms with Crippen molar-refractivity contribution >= 4 is 5.91 Å². The summed E-state index contributed by atoms with van der Waals surface area (Å²) < 4.78 is 5.56. The second-order valence-corrected chi connectivity index (χ2v) is 7.16. The first-order chi connectivity index (χ1) is 12.8. The third-order valence-electron chi connectivity index (χ3n) is 5.24. The van der Waals surface area contributed by atoms with Crippen LogP contribution in [0.1, 0.15) is 34.8 Å². The summed E-state index contributed by atoms with van der Waals surface area (Å²) in [5.74, 6) is 0.647. The Labute approximate surface area is 154 Å². The van der Waals surface area contributed by atoms with Crippen LogP contribution in [0.5, 0.6) is 0 Å². The lowest BCUT2D eigenvalue weighted by Gasteiger charge is -2.34. The van der Waals surface area contributed by atoms with Gasteiger partial charge in [-0.25, -0.2) is 4.98 Å². The predicted octanol–water partition coefficient (Wildman–Crippen LogP) is 2.23. The van der Waals surface area contributed by atoms with E-state index in [4.69, 9.17) is 4.42 Å². The largest absolute Gasteiger partial charge is 0.447 e. The summed E-state index contributed by atoms with van der Waals surface area (Å²) >= 11 is 0. The standard InChI is InChI=1S/C20H26N4O2/c25-20(24-8-4-5-9-24)18-16-26-19(21-18)15-23-12-10-22(11-13-23)14-17-6-2-1-3-7-17/h1-3,6-7,16H,4-5,8-15H2. The third kappa shape index (κ3) is 4.14. The molecule has 2 saturated heterocycles. The molecule has 0 bridgehead atoms. The van der Waals surface area contributed by atoms with Gasteiger partial charge in [-0.1, -0.05) is 30.3 Å². The summed E-state index contributed by atoms with van der Waals surface area (Å²) in [4.78, 5) is 23.5. The molecule has 1 aromatic heterocycles. The summed E-state index contributed by atoms with van der Waals surface area (Å²) in [6.45, 7) is 7.41. The van der Waals surface area contributed by atoms with Gasteiger partial charge >= 0.3 is 0 Å². The van der Waals surface area contributed by atoms with Crippen LogP contribution in [-0.4, -0.2) is 64.9 Å². The van der Waals surface area contributed by atoms with E-state index in [1.165, 1.54) is 11.8 Å². The number of piperazine rings is 1. The maximum Gasteiger partial charge on any atom is 0.275 e. The van der Waals surface area contributed by atoms with E-state index in [1.54, 1.807) is 0 Å². The molecule has 3 heterocycles. The molecule has 0 aliphatic carbocycles. The molecular weight excluding hydrogens is 328 g/mol. The van der Waals surface area contributed by atoms with Crippen LogP contribution in [0.15, 0.2) is 41.0 Å². The number of carbonyl (C=O) groups is 1. The van der Waals surface area contributed by atoms with Crippen molar-refractivity contribution in [3.05, 3.63) is 53.7 Å². The Balaban J connectivity index is 1.26. The molecule has 2 aliphatic rings. The Hall–Kier alpha value is -2.18. The smallest absolute Gasteiger partial charge is 0.275 e. The van der Waals surface area contributed by atoms with Gasteiger partial charge < -0.3 is 9.32 Å². The SMILES string of the molecule is O=C(c1coc(CN2CCN(Cc3ccccc3)CC2)n1)N1CCCC1. The lowest BCUT2D eigenvalue weighted by atomic mass is 10.2. The number of oxazole rings is 1. The van der Waals surface area contributed by atoms with Crippen molar-refractivity contribution in [3.63, 3.8) is 0 Å². The zero-order valence-electron chi connectivity index (χ0n) is 15.1. The fourth-order valence-corrected chi connectivity index (χ4v) is 3.70. The molecule has 138 valence electrons. The Morgan fingerprint density at radius 2 is 1.58 bits per heavy atom. The fraction of sp³-hybridized carbons (Fsp3) is 0.500. The molecule has 6 nitrogen and oxygen atoms in total. The molecule has 0 atom stereocenters.